The number of para-hydroxylation sites is 1. The Balaban J connectivity index is 2.40. The maximum atomic E-state index is 13.0. The van der Waals surface area contributed by atoms with Gasteiger partial charge in [0.05, 0.1) is 7.11 Å². The van der Waals surface area contributed by atoms with Gasteiger partial charge in [-0.3, -0.25) is 4.79 Å². The lowest BCUT2D eigenvalue weighted by Gasteiger charge is -2.33. The van der Waals surface area contributed by atoms with Crippen molar-refractivity contribution in [2.45, 2.75) is 51.3 Å². The number of rotatable bonds is 10. The fourth-order valence-corrected chi connectivity index (χ4v) is 3.15. The van der Waals surface area contributed by atoms with Crippen molar-refractivity contribution >= 4 is 18.0 Å². The van der Waals surface area contributed by atoms with Crippen LogP contribution in [0.15, 0.2) is 54.6 Å². The van der Waals surface area contributed by atoms with Gasteiger partial charge in [-0.25, -0.2) is 20.0 Å². The molecule has 0 fully saturated rings. The molecule has 9 heteroatoms. The van der Waals surface area contributed by atoms with Gasteiger partial charge in [0, 0.05) is 12.8 Å². The van der Waals surface area contributed by atoms with Crippen LogP contribution < -0.4 is 10.2 Å². The lowest BCUT2D eigenvalue weighted by Crippen LogP contribution is -2.59. The molecule has 1 amide bonds. The molecule has 0 radical (unpaired) electrons. The van der Waals surface area contributed by atoms with Gasteiger partial charge in [-0.05, 0) is 38.0 Å². The van der Waals surface area contributed by atoms with Gasteiger partial charge in [0.1, 0.15) is 17.4 Å². The first-order chi connectivity index (χ1) is 15.5. The zero-order valence-corrected chi connectivity index (χ0v) is 19.1. The number of hydrogen-bond acceptors (Lipinski definition) is 6. The third-order valence-corrected chi connectivity index (χ3v) is 4.67. The highest BCUT2D eigenvalue weighted by molar-refractivity contribution is 5.81. The standard InChI is InChI=1S/C24H30N2O7/c1-24(2,3)33-23(31)26(19(22(29)30)14-16-10-6-5-7-11-16)25-18(21(27)28)15-17-12-8-9-13-20(17)32-4/h5-13,18-19,25H,14-15H2,1-4H3,(H,27,28)(H,29,30)/t18?,19-/m0/s1. The number of benzene rings is 2. The Morgan fingerprint density at radius 3 is 2.09 bits per heavy atom. The molecule has 2 aromatic rings. The average Bonchev–Trinajstić information content (AvgIpc) is 2.74. The molecule has 9 nitrogen and oxygen atoms in total. The van der Waals surface area contributed by atoms with Gasteiger partial charge >= 0.3 is 18.0 Å². The molecule has 178 valence electrons. The highest BCUT2D eigenvalue weighted by Gasteiger charge is 2.36. The zero-order chi connectivity index (χ0) is 24.6. The van der Waals surface area contributed by atoms with Crippen molar-refractivity contribution in [3.8, 4) is 5.75 Å². The Kier molecular flexibility index (Phi) is 8.81. The molecule has 0 saturated carbocycles. The molecule has 0 aliphatic carbocycles. The van der Waals surface area contributed by atoms with Crippen LogP contribution in [0.4, 0.5) is 4.79 Å². The summed E-state index contributed by atoms with van der Waals surface area (Å²) in [7, 11) is 1.47. The number of amides is 1. The quantitative estimate of drug-likeness (QED) is 0.464. The van der Waals surface area contributed by atoms with E-state index in [1.165, 1.54) is 7.11 Å². The summed E-state index contributed by atoms with van der Waals surface area (Å²) in [5, 5.41) is 20.5. The van der Waals surface area contributed by atoms with Crippen molar-refractivity contribution in [2.24, 2.45) is 0 Å². The molecule has 33 heavy (non-hydrogen) atoms. The molecule has 3 N–H and O–H groups in total. The number of carboxylic acids is 2. The fourth-order valence-electron chi connectivity index (χ4n) is 3.15. The molecule has 2 rings (SSSR count). The summed E-state index contributed by atoms with van der Waals surface area (Å²) >= 11 is 0. The van der Waals surface area contributed by atoms with E-state index in [0.29, 0.717) is 16.9 Å². The molecule has 2 aromatic carbocycles. The highest BCUT2D eigenvalue weighted by atomic mass is 16.6. The van der Waals surface area contributed by atoms with Gasteiger partial charge < -0.3 is 19.7 Å². The number of ether oxygens (including phenoxy) is 2. The third-order valence-electron chi connectivity index (χ3n) is 4.67. The molecule has 0 saturated heterocycles. The van der Waals surface area contributed by atoms with Crippen LogP contribution in [0.1, 0.15) is 31.9 Å². The van der Waals surface area contributed by atoms with Crippen LogP contribution in [0, 0.1) is 0 Å². The molecule has 0 heterocycles. The number of hydrogen-bond donors (Lipinski definition) is 3. The summed E-state index contributed by atoms with van der Waals surface area (Å²) in [5.74, 6) is -2.09. The van der Waals surface area contributed by atoms with Crippen molar-refractivity contribution in [1.82, 2.24) is 10.4 Å². The molecule has 0 aliphatic heterocycles. The Hall–Kier alpha value is -3.59. The Morgan fingerprint density at radius 2 is 1.55 bits per heavy atom. The summed E-state index contributed by atoms with van der Waals surface area (Å²) in [6.07, 6.45) is -1.10. The predicted octanol–water partition coefficient (Wildman–Crippen LogP) is 3.13. The number of carbonyl (C=O) groups excluding carboxylic acids is 1. The average molecular weight is 459 g/mol. The van der Waals surface area contributed by atoms with E-state index in [1.807, 2.05) is 0 Å². The summed E-state index contributed by atoms with van der Waals surface area (Å²) in [6.45, 7) is 4.92. The number of carbonyl (C=O) groups is 3. The van der Waals surface area contributed by atoms with Crippen LogP contribution in [0.5, 0.6) is 5.75 Å². The first-order valence-corrected chi connectivity index (χ1v) is 10.4. The van der Waals surface area contributed by atoms with Crippen LogP contribution in [-0.2, 0) is 27.2 Å². The molecule has 0 spiro atoms. The van der Waals surface area contributed by atoms with E-state index >= 15 is 0 Å². The van der Waals surface area contributed by atoms with Crippen molar-refractivity contribution in [2.75, 3.05) is 7.11 Å². The van der Waals surface area contributed by atoms with Gasteiger partial charge in [0.25, 0.3) is 0 Å². The van der Waals surface area contributed by atoms with E-state index < -0.39 is 35.7 Å². The lowest BCUT2D eigenvalue weighted by molar-refractivity contribution is -0.148. The largest absolute Gasteiger partial charge is 0.496 e. The number of nitrogens with one attached hydrogen (secondary N) is 1. The highest BCUT2D eigenvalue weighted by Crippen LogP contribution is 2.20. The van der Waals surface area contributed by atoms with Gasteiger partial charge in [0.2, 0.25) is 0 Å². The molecule has 1 unspecified atom stereocenters. The van der Waals surface area contributed by atoms with Crippen LogP contribution in [0.3, 0.4) is 0 Å². The molecule has 0 bridgehead atoms. The monoisotopic (exact) mass is 458 g/mol. The van der Waals surface area contributed by atoms with E-state index in [0.717, 1.165) is 5.01 Å². The second kappa shape index (κ2) is 11.3. The number of nitrogens with zero attached hydrogens (tertiary/aromatic N) is 1. The van der Waals surface area contributed by atoms with Gasteiger partial charge in [-0.2, -0.15) is 0 Å². The Bertz CT molecular complexity index is 957. The van der Waals surface area contributed by atoms with E-state index in [9.17, 15) is 24.6 Å². The maximum absolute atomic E-state index is 13.0. The fraction of sp³-hybridized carbons (Fsp3) is 0.375. The smallest absolute Gasteiger partial charge is 0.425 e. The lowest BCUT2D eigenvalue weighted by atomic mass is 10.0. The summed E-state index contributed by atoms with van der Waals surface area (Å²) in [5.41, 5.74) is 2.92. The molecular weight excluding hydrogens is 428 g/mol. The second-order valence-electron chi connectivity index (χ2n) is 8.43. The van der Waals surface area contributed by atoms with Crippen molar-refractivity contribution in [3.63, 3.8) is 0 Å². The number of aliphatic carboxylic acids is 2. The second-order valence-corrected chi connectivity index (χ2v) is 8.43. The van der Waals surface area contributed by atoms with E-state index in [2.05, 4.69) is 5.43 Å². The summed E-state index contributed by atoms with van der Waals surface area (Å²) < 4.78 is 10.7. The van der Waals surface area contributed by atoms with E-state index in [-0.39, 0.29) is 12.8 Å². The third kappa shape index (κ3) is 7.80. The van der Waals surface area contributed by atoms with Gasteiger partial charge in [-0.15, -0.1) is 0 Å². The number of methoxy groups -OCH3 is 1. The summed E-state index contributed by atoms with van der Waals surface area (Å²) in [6, 6.07) is 12.9. The van der Waals surface area contributed by atoms with Crippen LogP contribution in [0.25, 0.3) is 0 Å². The van der Waals surface area contributed by atoms with E-state index in [4.69, 9.17) is 9.47 Å². The van der Waals surface area contributed by atoms with Crippen molar-refractivity contribution in [3.05, 3.63) is 65.7 Å². The molecule has 2 atom stereocenters. The Labute approximate surface area is 192 Å². The summed E-state index contributed by atoms with van der Waals surface area (Å²) in [4.78, 5) is 37.2. The minimum Gasteiger partial charge on any atom is -0.496 e. The minimum atomic E-state index is -1.42. The van der Waals surface area contributed by atoms with Crippen molar-refractivity contribution in [1.29, 1.82) is 0 Å². The van der Waals surface area contributed by atoms with Crippen LogP contribution >= 0.6 is 0 Å². The van der Waals surface area contributed by atoms with Crippen LogP contribution in [0.2, 0.25) is 0 Å². The van der Waals surface area contributed by atoms with Gasteiger partial charge in [-0.1, -0.05) is 48.5 Å². The molecule has 0 aromatic heterocycles. The first-order valence-electron chi connectivity index (χ1n) is 10.4. The SMILES string of the molecule is COc1ccccc1CC(NN(C(=O)OC(C)(C)C)[C@@H](Cc1ccccc1)C(=O)O)C(=O)O. The van der Waals surface area contributed by atoms with Crippen LogP contribution in [-0.4, -0.2) is 58.0 Å². The predicted molar refractivity (Wildman–Crippen MR) is 121 cm³/mol. The normalized spacial score (nSPS) is 13.0. The maximum Gasteiger partial charge on any atom is 0.425 e. The number of hydrazine groups is 1. The zero-order valence-electron chi connectivity index (χ0n) is 19.1. The van der Waals surface area contributed by atoms with Gasteiger partial charge in [0.15, 0.2) is 6.04 Å². The van der Waals surface area contributed by atoms with E-state index in [1.54, 1.807) is 75.4 Å². The number of carboxylic acid groups (broad SMARTS) is 2. The topological polar surface area (TPSA) is 125 Å². The first kappa shape index (κ1) is 25.7. The minimum absolute atomic E-state index is 0.0522. The Morgan fingerprint density at radius 1 is 0.939 bits per heavy atom. The van der Waals surface area contributed by atoms with Crippen molar-refractivity contribution < 1.29 is 34.1 Å². The molecular formula is C24H30N2O7. The molecule has 0 aliphatic rings.